The molecule has 0 aliphatic carbocycles. The molecular weight excluding hydrogens is 459 g/mol. The molecule has 1 fully saturated rings. The highest BCUT2D eigenvalue weighted by atomic mass is 35.5. The van der Waals surface area contributed by atoms with Crippen molar-refractivity contribution in [3.63, 3.8) is 0 Å². The van der Waals surface area contributed by atoms with Gasteiger partial charge in [0.25, 0.3) is 0 Å². The molecule has 9 heteroatoms. The number of halogens is 2. The van der Waals surface area contributed by atoms with Gasteiger partial charge in [0.15, 0.2) is 0 Å². The number of amides is 3. The zero-order valence-electron chi connectivity index (χ0n) is 20.0. The highest BCUT2D eigenvalue weighted by molar-refractivity contribution is 6.29. The number of benzene rings is 1. The van der Waals surface area contributed by atoms with Gasteiger partial charge in [-0.3, -0.25) is 9.80 Å². The smallest absolute Gasteiger partial charge is 0.410 e. The minimum atomic E-state index is -0.542. The molecule has 182 valence electrons. The summed E-state index contributed by atoms with van der Waals surface area (Å²) in [4.78, 5) is 35.1. The van der Waals surface area contributed by atoms with E-state index in [1.54, 1.807) is 41.1 Å². The number of ether oxygens (including phenoxy) is 1. The molecule has 2 aliphatic rings. The van der Waals surface area contributed by atoms with Crippen LogP contribution in [0.5, 0.6) is 0 Å². The molecule has 1 aromatic heterocycles. The van der Waals surface area contributed by atoms with E-state index >= 15 is 0 Å². The number of carbonyl (C=O) groups is 2. The molecule has 3 heterocycles. The van der Waals surface area contributed by atoms with Gasteiger partial charge in [0.1, 0.15) is 16.6 Å². The maximum Gasteiger partial charge on any atom is 0.410 e. The number of anilines is 2. The molecule has 3 amide bonds. The summed E-state index contributed by atoms with van der Waals surface area (Å²) < 4.78 is 20.3. The van der Waals surface area contributed by atoms with Gasteiger partial charge in [0.05, 0.1) is 17.9 Å². The summed E-state index contributed by atoms with van der Waals surface area (Å²) in [5, 5.41) is 0.298. The quantitative estimate of drug-likeness (QED) is 0.514. The van der Waals surface area contributed by atoms with E-state index in [1.807, 2.05) is 20.8 Å². The highest BCUT2D eigenvalue weighted by Crippen LogP contribution is 2.36. The lowest BCUT2D eigenvalue weighted by atomic mass is 9.95. The van der Waals surface area contributed by atoms with Crippen LogP contribution in [-0.2, 0) is 11.3 Å². The maximum atomic E-state index is 14.8. The van der Waals surface area contributed by atoms with Crippen molar-refractivity contribution in [1.29, 1.82) is 0 Å². The van der Waals surface area contributed by atoms with E-state index in [-0.39, 0.29) is 30.3 Å². The second kappa shape index (κ2) is 9.41. The minimum absolute atomic E-state index is 0.170. The summed E-state index contributed by atoms with van der Waals surface area (Å²) in [7, 11) is 0. The molecule has 2 aliphatic heterocycles. The van der Waals surface area contributed by atoms with Gasteiger partial charge in [0.2, 0.25) is 0 Å². The number of para-hydroxylation sites is 1. The van der Waals surface area contributed by atoms with E-state index in [4.69, 9.17) is 16.3 Å². The second-order valence-electron chi connectivity index (χ2n) is 9.93. The fraction of sp³-hybridized carbons (Fsp3) is 0.480. The molecule has 7 nitrogen and oxygen atoms in total. The number of likely N-dealkylation sites (tertiary alicyclic amines) is 1. The van der Waals surface area contributed by atoms with E-state index in [1.165, 1.54) is 11.0 Å². The Hall–Kier alpha value is -2.87. The molecular formula is C25H30ClFN4O3. The van der Waals surface area contributed by atoms with Crippen molar-refractivity contribution in [3.05, 3.63) is 52.6 Å². The molecule has 0 spiro atoms. The molecule has 0 N–H and O–H groups in total. The molecule has 0 atom stereocenters. The lowest BCUT2D eigenvalue weighted by Gasteiger charge is -2.40. The van der Waals surface area contributed by atoms with E-state index in [2.05, 4.69) is 4.98 Å². The third-order valence-corrected chi connectivity index (χ3v) is 6.38. The van der Waals surface area contributed by atoms with E-state index in [0.717, 1.165) is 18.4 Å². The number of urea groups is 1. The first-order valence-electron chi connectivity index (χ1n) is 11.5. The Balaban J connectivity index is 1.54. The van der Waals surface area contributed by atoms with Crippen LogP contribution in [0.2, 0.25) is 5.15 Å². The summed E-state index contributed by atoms with van der Waals surface area (Å²) in [5.74, 6) is -0.270. The van der Waals surface area contributed by atoms with Crippen LogP contribution in [0.4, 0.5) is 25.4 Å². The molecule has 1 aromatic carbocycles. The van der Waals surface area contributed by atoms with Crippen LogP contribution >= 0.6 is 11.6 Å². The molecule has 0 bridgehead atoms. The number of fused-ring (bicyclic) bond motifs is 1. The zero-order chi connectivity index (χ0) is 24.6. The molecule has 0 radical (unpaired) electrons. The number of hydrogen-bond donors (Lipinski definition) is 0. The van der Waals surface area contributed by atoms with Crippen molar-refractivity contribution >= 4 is 35.1 Å². The Morgan fingerprint density at radius 2 is 1.97 bits per heavy atom. The summed E-state index contributed by atoms with van der Waals surface area (Å²) in [6.45, 7) is 9.10. The summed E-state index contributed by atoms with van der Waals surface area (Å²) in [6.07, 6.45) is 2.79. The Morgan fingerprint density at radius 1 is 1.26 bits per heavy atom. The molecule has 1 saturated heterocycles. The first kappa shape index (κ1) is 24.3. The van der Waals surface area contributed by atoms with Gasteiger partial charge in [0, 0.05) is 31.4 Å². The van der Waals surface area contributed by atoms with Gasteiger partial charge in [-0.25, -0.2) is 19.0 Å². The van der Waals surface area contributed by atoms with Crippen molar-refractivity contribution < 1.29 is 18.7 Å². The summed E-state index contributed by atoms with van der Waals surface area (Å²) in [5.41, 5.74) is 1.92. The van der Waals surface area contributed by atoms with Crippen molar-refractivity contribution in [2.45, 2.75) is 52.7 Å². The molecule has 0 saturated carbocycles. The van der Waals surface area contributed by atoms with Gasteiger partial charge >= 0.3 is 12.1 Å². The lowest BCUT2D eigenvalue weighted by molar-refractivity contribution is 0.0186. The minimum Gasteiger partial charge on any atom is -0.444 e. The Bertz CT molecular complexity index is 1080. The first-order chi connectivity index (χ1) is 16.0. The topological polar surface area (TPSA) is 66.0 Å². The van der Waals surface area contributed by atoms with Crippen LogP contribution in [-0.4, -0.2) is 47.2 Å². The lowest BCUT2D eigenvalue weighted by Crippen LogP contribution is -2.51. The predicted octanol–water partition coefficient (Wildman–Crippen LogP) is 5.78. The Labute approximate surface area is 204 Å². The predicted molar refractivity (Wildman–Crippen MR) is 130 cm³/mol. The molecule has 0 unspecified atom stereocenters. The average molecular weight is 489 g/mol. The third kappa shape index (κ3) is 5.12. The van der Waals surface area contributed by atoms with Gasteiger partial charge in [-0.1, -0.05) is 23.7 Å². The Morgan fingerprint density at radius 3 is 2.62 bits per heavy atom. The van der Waals surface area contributed by atoms with E-state index in [0.29, 0.717) is 36.0 Å². The van der Waals surface area contributed by atoms with Gasteiger partial charge in [-0.05, 0) is 64.2 Å². The van der Waals surface area contributed by atoms with Crippen molar-refractivity contribution in [2.75, 3.05) is 29.4 Å². The summed E-state index contributed by atoms with van der Waals surface area (Å²) >= 11 is 6.16. The van der Waals surface area contributed by atoms with Crippen LogP contribution in [0.3, 0.4) is 0 Å². The van der Waals surface area contributed by atoms with Gasteiger partial charge in [-0.15, -0.1) is 0 Å². The van der Waals surface area contributed by atoms with Crippen LogP contribution in [0.1, 0.15) is 44.7 Å². The number of hydrogen-bond acceptors (Lipinski definition) is 4. The summed E-state index contributed by atoms with van der Waals surface area (Å²) in [6, 6.07) is 6.18. The van der Waals surface area contributed by atoms with Gasteiger partial charge < -0.3 is 9.64 Å². The van der Waals surface area contributed by atoms with Gasteiger partial charge in [-0.2, -0.15) is 0 Å². The molecule has 2 aromatic rings. The fourth-order valence-electron chi connectivity index (χ4n) is 4.51. The SMILES string of the molecule is Cc1cccc(F)c1N1Cc2cnc(Cl)cc2N(CC2CCN(C(=O)OC(C)(C)C)CC2)C1=O. The third-order valence-electron chi connectivity index (χ3n) is 6.18. The van der Waals surface area contributed by atoms with Crippen LogP contribution in [0.15, 0.2) is 30.5 Å². The maximum absolute atomic E-state index is 14.8. The monoisotopic (exact) mass is 488 g/mol. The number of rotatable bonds is 3. The normalized spacial score (nSPS) is 17.1. The Kier molecular flexibility index (Phi) is 6.71. The van der Waals surface area contributed by atoms with Crippen molar-refractivity contribution in [2.24, 2.45) is 5.92 Å². The van der Waals surface area contributed by atoms with Crippen LogP contribution < -0.4 is 9.80 Å². The van der Waals surface area contributed by atoms with Crippen LogP contribution in [0, 0.1) is 18.7 Å². The highest BCUT2D eigenvalue weighted by Gasteiger charge is 2.36. The largest absolute Gasteiger partial charge is 0.444 e. The first-order valence-corrected chi connectivity index (χ1v) is 11.9. The number of aryl methyl sites for hydroxylation is 1. The zero-order valence-corrected chi connectivity index (χ0v) is 20.7. The number of nitrogens with zero attached hydrogens (tertiary/aromatic N) is 4. The van der Waals surface area contributed by atoms with Crippen molar-refractivity contribution in [3.8, 4) is 0 Å². The van der Waals surface area contributed by atoms with E-state index < -0.39 is 11.4 Å². The standard InChI is InChI=1S/C25H30ClFN4O3/c1-16-6-5-7-19(27)22(16)31-15-18-13-28-21(26)12-20(18)30(23(31)32)14-17-8-10-29(11-9-17)24(33)34-25(2,3)4/h5-7,12-13,17H,8-11,14-15H2,1-4H3. The van der Waals surface area contributed by atoms with Crippen molar-refractivity contribution in [1.82, 2.24) is 9.88 Å². The second-order valence-corrected chi connectivity index (χ2v) is 10.3. The molecule has 34 heavy (non-hydrogen) atoms. The number of aromatic nitrogens is 1. The number of carbonyl (C=O) groups excluding carboxylic acids is 2. The number of piperidine rings is 1. The number of pyridine rings is 1. The van der Waals surface area contributed by atoms with Crippen LogP contribution in [0.25, 0.3) is 0 Å². The molecule has 4 rings (SSSR count). The van der Waals surface area contributed by atoms with E-state index in [9.17, 15) is 14.0 Å². The average Bonchev–Trinajstić information content (AvgIpc) is 2.76. The fourth-order valence-corrected chi connectivity index (χ4v) is 4.66.